The first-order chi connectivity index (χ1) is 13.5. The number of ether oxygens (including phenoxy) is 1. The molecule has 5 nitrogen and oxygen atoms in total. The van der Waals surface area contributed by atoms with Crippen LogP contribution in [0.3, 0.4) is 0 Å². The Kier molecular flexibility index (Phi) is 6.14. The van der Waals surface area contributed by atoms with Gasteiger partial charge in [-0.2, -0.15) is 5.10 Å². The molecule has 0 radical (unpaired) electrons. The van der Waals surface area contributed by atoms with E-state index < -0.39 is 0 Å². The van der Waals surface area contributed by atoms with Crippen LogP contribution in [-0.4, -0.2) is 22.3 Å². The predicted octanol–water partition coefficient (Wildman–Crippen LogP) is 4.90. The largest absolute Gasteiger partial charge is 0.494 e. The van der Waals surface area contributed by atoms with Crippen molar-refractivity contribution in [2.45, 2.75) is 40.7 Å². The Hall–Kier alpha value is -3.08. The second-order valence-electron chi connectivity index (χ2n) is 7.06. The number of hydrogen-bond donors (Lipinski definition) is 1. The number of hydrogen-bond acceptors (Lipinski definition) is 3. The second-order valence-corrected chi connectivity index (χ2v) is 7.06. The lowest BCUT2D eigenvalue weighted by Gasteiger charge is -2.12. The molecule has 0 aliphatic carbocycles. The smallest absolute Gasteiger partial charge is 0.255 e. The van der Waals surface area contributed by atoms with Crippen LogP contribution < -0.4 is 10.1 Å². The molecule has 1 amide bonds. The highest BCUT2D eigenvalue weighted by Crippen LogP contribution is 2.22. The number of carbonyl (C=O) groups is 1. The Labute approximate surface area is 166 Å². The normalized spacial score (nSPS) is 10.7. The maximum Gasteiger partial charge on any atom is 0.255 e. The second kappa shape index (κ2) is 8.74. The van der Waals surface area contributed by atoms with Crippen LogP contribution in [0.2, 0.25) is 0 Å². The van der Waals surface area contributed by atoms with Crippen molar-refractivity contribution in [3.05, 3.63) is 76.6 Å². The van der Waals surface area contributed by atoms with Gasteiger partial charge < -0.3 is 10.1 Å². The number of amides is 1. The Morgan fingerprint density at radius 1 is 1.11 bits per heavy atom. The van der Waals surface area contributed by atoms with E-state index in [2.05, 4.69) is 17.3 Å². The monoisotopic (exact) mass is 377 g/mol. The molecule has 0 fully saturated rings. The number of nitrogens with zero attached hydrogens (tertiary/aromatic N) is 2. The van der Waals surface area contributed by atoms with Crippen molar-refractivity contribution >= 4 is 11.6 Å². The highest BCUT2D eigenvalue weighted by molar-refractivity contribution is 6.04. The number of carbonyl (C=O) groups excluding carboxylic acids is 1. The maximum atomic E-state index is 12.7. The standard InChI is InChI=1S/C23H27N3O2/c1-5-11-28-21-9-10-22(16(2)12-21)24-23(27)20-8-6-7-19(14-20)15-26-18(4)13-17(3)25-26/h6-10,12-14H,5,11,15H2,1-4H3,(H,24,27). The summed E-state index contributed by atoms with van der Waals surface area (Å²) in [6, 6.07) is 15.4. The van der Waals surface area contributed by atoms with E-state index >= 15 is 0 Å². The van der Waals surface area contributed by atoms with Crippen molar-refractivity contribution in [3.8, 4) is 5.75 Å². The van der Waals surface area contributed by atoms with Crippen LogP contribution in [0.1, 0.15) is 46.2 Å². The zero-order chi connectivity index (χ0) is 20.1. The fourth-order valence-corrected chi connectivity index (χ4v) is 3.10. The molecule has 0 bridgehead atoms. The SMILES string of the molecule is CCCOc1ccc(NC(=O)c2cccc(Cn3nc(C)cc3C)c2)c(C)c1. The molecular formula is C23H27N3O2. The van der Waals surface area contributed by atoms with Crippen molar-refractivity contribution in [3.63, 3.8) is 0 Å². The molecule has 0 unspecified atom stereocenters. The van der Waals surface area contributed by atoms with Gasteiger partial charge in [0.2, 0.25) is 0 Å². The third-order valence-corrected chi connectivity index (χ3v) is 4.54. The van der Waals surface area contributed by atoms with Crippen molar-refractivity contribution in [1.82, 2.24) is 9.78 Å². The molecule has 0 aliphatic rings. The number of aryl methyl sites for hydroxylation is 3. The molecule has 0 saturated heterocycles. The quantitative estimate of drug-likeness (QED) is 0.637. The molecule has 1 N–H and O–H groups in total. The number of benzene rings is 2. The molecule has 1 heterocycles. The van der Waals surface area contributed by atoms with Gasteiger partial charge in [-0.15, -0.1) is 0 Å². The summed E-state index contributed by atoms with van der Waals surface area (Å²) in [5.74, 6) is 0.699. The molecule has 3 rings (SSSR count). The fraction of sp³-hybridized carbons (Fsp3) is 0.304. The van der Waals surface area contributed by atoms with Gasteiger partial charge in [-0.25, -0.2) is 0 Å². The molecule has 0 atom stereocenters. The third-order valence-electron chi connectivity index (χ3n) is 4.54. The van der Waals surface area contributed by atoms with Crippen molar-refractivity contribution in [1.29, 1.82) is 0 Å². The Morgan fingerprint density at radius 2 is 1.93 bits per heavy atom. The highest BCUT2D eigenvalue weighted by Gasteiger charge is 2.10. The minimum atomic E-state index is -0.124. The summed E-state index contributed by atoms with van der Waals surface area (Å²) >= 11 is 0. The van der Waals surface area contributed by atoms with Gasteiger partial charge in [-0.1, -0.05) is 19.1 Å². The average Bonchev–Trinajstić information content (AvgIpc) is 2.99. The van der Waals surface area contributed by atoms with E-state index in [9.17, 15) is 4.79 Å². The van der Waals surface area contributed by atoms with Crippen LogP contribution in [0.15, 0.2) is 48.5 Å². The molecule has 5 heteroatoms. The molecule has 2 aromatic carbocycles. The van der Waals surface area contributed by atoms with Gasteiger partial charge in [0.05, 0.1) is 18.8 Å². The van der Waals surface area contributed by atoms with Gasteiger partial charge in [0, 0.05) is 16.9 Å². The van der Waals surface area contributed by atoms with Gasteiger partial charge >= 0.3 is 0 Å². The first kappa shape index (κ1) is 19.7. The summed E-state index contributed by atoms with van der Waals surface area (Å²) in [6.07, 6.45) is 0.964. The molecule has 0 aliphatic heterocycles. The summed E-state index contributed by atoms with van der Waals surface area (Å²) in [4.78, 5) is 12.7. The first-order valence-corrected chi connectivity index (χ1v) is 9.61. The van der Waals surface area contributed by atoms with Crippen LogP contribution in [-0.2, 0) is 6.54 Å². The van der Waals surface area contributed by atoms with E-state index in [-0.39, 0.29) is 5.91 Å². The summed E-state index contributed by atoms with van der Waals surface area (Å²) in [5.41, 5.74) is 5.53. The Bertz CT molecular complexity index is 976. The maximum absolute atomic E-state index is 12.7. The molecule has 0 saturated carbocycles. The van der Waals surface area contributed by atoms with Crippen LogP contribution in [0.4, 0.5) is 5.69 Å². The zero-order valence-corrected chi connectivity index (χ0v) is 17.0. The zero-order valence-electron chi connectivity index (χ0n) is 17.0. The third kappa shape index (κ3) is 4.80. The molecule has 146 valence electrons. The van der Waals surface area contributed by atoms with Gasteiger partial charge in [0.1, 0.15) is 5.75 Å². The van der Waals surface area contributed by atoms with Crippen LogP contribution in [0, 0.1) is 20.8 Å². The van der Waals surface area contributed by atoms with Crippen LogP contribution in [0.25, 0.3) is 0 Å². The summed E-state index contributed by atoms with van der Waals surface area (Å²) in [7, 11) is 0. The Morgan fingerprint density at radius 3 is 2.61 bits per heavy atom. The van der Waals surface area contributed by atoms with Crippen molar-refractivity contribution in [2.24, 2.45) is 0 Å². The molecule has 28 heavy (non-hydrogen) atoms. The van der Waals surface area contributed by atoms with E-state index in [0.717, 1.165) is 40.4 Å². The van der Waals surface area contributed by atoms with E-state index in [1.807, 2.05) is 74.0 Å². The summed E-state index contributed by atoms with van der Waals surface area (Å²) in [6.45, 7) is 9.38. The minimum absolute atomic E-state index is 0.124. The first-order valence-electron chi connectivity index (χ1n) is 9.61. The van der Waals surface area contributed by atoms with Crippen molar-refractivity contribution in [2.75, 3.05) is 11.9 Å². The minimum Gasteiger partial charge on any atom is -0.494 e. The van der Waals surface area contributed by atoms with E-state index in [4.69, 9.17) is 4.74 Å². The van der Waals surface area contributed by atoms with Crippen LogP contribution in [0.5, 0.6) is 5.75 Å². The molecule has 0 spiro atoms. The lowest BCUT2D eigenvalue weighted by Crippen LogP contribution is -2.13. The number of nitrogens with one attached hydrogen (secondary N) is 1. The fourth-order valence-electron chi connectivity index (χ4n) is 3.10. The average molecular weight is 377 g/mol. The van der Waals surface area contributed by atoms with Crippen LogP contribution >= 0.6 is 0 Å². The molecule has 1 aromatic heterocycles. The highest BCUT2D eigenvalue weighted by atomic mass is 16.5. The van der Waals surface area contributed by atoms with Crippen molar-refractivity contribution < 1.29 is 9.53 Å². The topological polar surface area (TPSA) is 56.1 Å². The predicted molar refractivity (Wildman–Crippen MR) is 112 cm³/mol. The lowest BCUT2D eigenvalue weighted by molar-refractivity contribution is 0.102. The number of anilines is 1. The Balaban J connectivity index is 1.72. The van der Waals surface area contributed by atoms with E-state index in [1.165, 1.54) is 0 Å². The molecule has 3 aromatic rings. The summed E-state index contributed by atoms with van der Waals surface area (Å²) in [5, 5.41) is 7.49. The van der Waals surface area contributed by atoms with Gasteiger partial charge in [-0.3, -0.25) is 9.48 Å². The van der Waals surface area contributed by atoms with Gasteiger partial charge in [0.15, 0.2) is 0 Å². The van der Waals surface area contributed by atoms with Gasteiger partial charge in [-0.05, 0) is 74.7 Å². The number of rotatable bonds is 7. The van der Waals surface area contributed by atoms with Gasteiger partial charge in [0.25, 0.3) is 5.91 Å². The van der Waals surface area contributed by atoms with E-state index in [0.29, 0.717) is 18.7 Å². The summed E-state index contributed by atoms with van der Waals surface area (Å²) < 4.78 is 7.59. The van der Waals surface area contributed by atoms with E-state index in [1.54, 1.807) is 0 Å². The number of aromatic nitrogens is 2. The molecular weight excluding hydrogens is 350 g/mol. The lowest BCUT2D eigenvalue weighted by atomic mass is 10.1.